The van der Waals surface area contributed by atoms with Gasteiger partial charge in [0.1, 0.15) is 22.9 Å². The van der Waals surface area contributed by atoms with Gasteiger partial charge in [-0.3, -0.25) is 4.79 Å². The molecule has 0 bridgehead atoms. The second-order valence-electron chi connectivity index (χ2n) is 7.78. The van der Waals surface area contributed by atoms with Crippen molar-refractivity contribution in [2.24, 2.45) is 0 Å². The van der Waals surface area contributed by atoms with Gasteiger partial charge >= 0.3 is 0 Å². The first kappa shape index (κ1) is 21.7. The number of nitrogens with zero attached hydrogens (tertiary/aromatic N) is 2. The second kappa shape index (κ2) is 9.22. The van der Waals surface area contributed by atoms with Gasteiger partial charge in [-0.2, -0.15) is 0 Å². The first-order valence-corrected chi connectivity index (χ1v) is 10.6. The van der Waals surface area contributed by atoms with E-state index in [1.807, 2.05) is 11.0 Å². The number of aliphatic hydroxyl groups is 1. The average molecular weight is 465 g/mol. The number of halogens is 2. The normalized spacial score (nSPS) is 17.2. The van der Waals surface area contributed by atoms with Gasteiger partial charge in [-0.05, 0) is 78.5 Å². The molecule has 1 fully saturated rings. The van der Waals surface area contributed by atoms with E-state index < -0.39 is 0 Å². The maximum absolute atomic E-state index is 13.3. The van der Waals surface area contributed by atoms with Gasteiger partial charge in [-0.1, -0.05) is 0 Å². The van der Waals surface area contributed by atoms with E-state index in [0.717, 1.165) is 41.5 Å². The molecule has 1 spiro atoms. The number of likely N-dealkylation sites (tertiary alicyclic amines) is 1. The van der Waals surface area contributed by atoms with E-state index in [9.17, 15) is 9.18 Å². The number of carbonyl (C=O) groups is 1. The molecule has 1 aromatic heterocycles. The fourth-order valence-electron chi connectivity index (χ4n) is 3.62. The lowest BCUT2D eigenvalue weighted by molar-refractivity contribution is -0.0109. The summed E-state index contributed by atoms with van der Waals surface area (Å²) in [5.74, 6) is 0.517. The number of hydrogen-bond donors (Lipinski definition) is 1. The Bertz CT molecular complexity index is 847. The quantitative estimate of drug-likeness (QED) is 0.680. The first-order valence-electron chi connectivity index (χ1n) is 9.84. The Morgan fingerprint density at radius 2 is 1.93 bits per heavy atom. The predicted octanol–water partition coefficient (Wildman–Crippen LogP) is 4.37. The minimum absolute atomic E-state index is 0.0411. The molecule has 1 amide bonds. The third-order valence-electron chi connectivity index (χ3n) is 5.11. The summed E-state index contributed by atoms with van der Waals surface area (Å²) in [4.78, 5) is 18.6. The lowest BCUT2D eigenvalue weighted by atomic mass is 9.83. The van der Waals surface area contributed by atoms with Gasteiger partial charge < -0.3 is 14.7 Å². The Balaban J connectivity index is 0.000000552. The molecule has 3 heterocycles. The molecule has 0 saturated carbocycles. The number of carbonyl (C=O) groups excluding carboxylic acids is 1. The highest BCUT2D eigenvalue weighted by atomic mass is 79.9. The number of aromatic nitrogens is 1. The van der Waals surface area contributed by atoms with Crippen LogP contribution < -0.4 is 4.74 Å². The minimum Gasteiger partial charge on any atom is -0.487 e. The standard InChI is InChI=1S/C19H18BrFN2O2.C3H8O/c20-14-1-3-16(22-12-14)18(24)23-9-7-19(8-10-23)6-5-13-11-15(21)2-4-17(13)25-19;1-3(2)4/h1-4,11-12H,5-10H2;3-4H,1-2H3. The molecule has 0 unspecified atom stereocenters. The van der Waals surface area contributed by atoms with Crippen LogP contribution in [0.25, 0.3) is 0 Å². The Morgan fingerprint density at radius 1 is 1.24 bits per heavy atom. The molecule has 7 heteroatoms. The summed E-state index contributed by atoms with van der Waals surface area (Å²) in [5.41, 5.74) is 1.15. The zero-order valence-corrected chi connectivity index (χ0v) is 18.3. The lowest BCUT2D eigenvalue weighted by Gasteiger charge is -2.44. The molecule has 2 aliphatic rings. The van der Waals surface area contributed by atoms with Crippen molar-refractivity contribution in [1.29, 1.82) is 0 Å². The predicted molar refractivity (Wildman–Crippen MR) is 113 cm³/mol. The Hall–Kier alpha value is -1.99. The summed E-state index contributed by atoms with van der Waals surface area (Å²) in [6.07, 6.45) is 4.72. The van der Waals surface area contributed by atoms with Crippen LogP contribution in [0, 0.1) is 5.82 Å². The van der Waals surface area contributed by atoms with Crippen LogP contribution in [0.4, 0.5) is 4.39 Å². The van der Waals surface area contributed by atoms with E-state index in [-0.39, 0.29) is 23.4 Å². The van der Waals surface area contributed by atoms with Crippen molar-refractivity contribution < 1.29 is 19.0 Å². The molecule has 1 aromatic carbocycles. The molecule has 2 aromatic rings. The summed E-state index contributed by atoms with van der Waals surface area (Å²) in [7, 11) is 0. The van der Waals surface area contributed by atoms with Crippen molar-refractivity contribution in [3.63, 3.8) is 0 Å². The summed E-state index contributed by atoms with van der Waals surface area (Å²) >= 11 is 3.33. The molecule has 29 heavy (non-hydrogen) atoms. The molecule has 0 radical (unpaired) electrons. The Morgan fingerprint density at radius 3 is 2.55 bits per heavy atom. The van der Waals surface area contributed by atoms with Crippen LogP contribution in [0.15, 0.2) is 41.0 Å². The number of benzene rings is 1. The van der Waals surface area contributed by atoms with Crippen molar-refractivity contribution in [3.8, 4) is 5.75 Å². The van der Waals surface area contributed by atoms with Gasteiger partial charge in [0.05, 0.1) is 0 Å². The van der Waals surface area contributed by atoms with E-state index in [4.69, 9.17) is 9.84 Å². The van der Waals surface area contributed by atoms with Crippen LogP contribution in [-0.2, 0) is 6.42 Å². The summed E-state index contributed by atoms with van der Waals surface area (Å²) < 4.78 is 20.4. The van der Waals surface area contributed by atoms with Crippen molar-refractivity contribution in [2.75, 3.05) is 13.1 Å². The molecule has 156 valence electrons. The largest absolute Gasteiger partial charge is 0.487 e. The number of fused-ring (bicyclic) bond motifs is 1. The molecule has 2 aliphatic heterocycles. The number of hydrogen-bond acceptors (Lipinski definition) is 4. The van der Waals surface area contributed by atoms with Crippen molar-refractivity contribution in [3.05, 3.63) is 58.1 Å². The van der Waals surface area contributed by atoms with Crippen LogP contribution >= 0.6 is 15.9 Å². The fraction of sp³-hybridized carbons (Fsp3) is 0.455. The number of aryl methyl sites for hydroxylation is 1. The van der Waals surface area contributed by atoms with Crippen LogP contribution in [0.3, 0.4) is 0 Å². The van der Waals surface area contributed by atoms with Gasteiger partial charge in [0, 0.05) is 42.7 Å². The van der Waals surface area contributed by atoms with Crippen LogP contribution in [0.2, 0.25) is 0 Å². The van der Waals surface area contributed by atoms with Gasteiger partial charge in [0.25, 0.3) is 5.91 Å². The number of aliphatic hydroxyl groups excluding tert-OH is 1. The van der Waals surface area contributed by atoms with E-state index >= 15 is 0 Å². The zero-order chi connectivity index (χ0) is 21.0. The number of rotatable bonds is 1. The highest BCUT2D eigenvalue weighted by Crippen LogP contribution is 2.39. The first-order chi connectivity index (χ1) is 13.8. The van der Waals surface area contributed by atoms with Crippen molar-refractivity contribution >= 4 is 21.8 Å². The number of piperidine rings is 1. The third kappa shape index (κ3) is 5.54. The minimum atomic E-state index is -0.241. The molecule has 5 nitrogen and oxygen atoms in total. The van der Waals surface area contributed by atoms with Gasteiger partial charge in [0.15, 0.2) is 0 Å². The smallest absolute Gasteiger partial charge is 0.272 e. The number of ether oxygens (including phenoxy) is 1. The van der Waals surface area contributed by atoms with Gasteiger partial charge in [0.2, 0.25) is 0 Å². The average Bonchev–Trinajstić information content (AvgIpc) is 2.69. The van der Waals surface area contributed by atoms with Crippen molar-refractivity contribution in [1.82, 2.24) is 9.88 Å². The highest BCUT2D eigenvalue weighted by molar-refractivity contribution is 9.10. The molecule has 1 N–H and O–H groups in total. The zero-order valence-electron chi connectivity index (χ0n) is 16.7. The molecular weight excluding hydrogens is 439 g/mol. The maximum atomic E-state index is 13.3. The Kier molecular flexibility index (Phi) is 6.90. The molecule has 0 atom stereocenters. The second-order valence-corrected chi connectivity index (χ2v) is 8.70. The molecule has 1 saturated heterocycles. The Labute approximate surface area is 179 Å². The summed E-state index contributed by atoms with van der Waals surface area (Å²) in [5, 5.41) is 8.06. The van der Waals surface area contributed by atoms with E-state index in [1.54, 1.807) is 38.2 Å². The monoisotopic (exact) mass is 464 g/mol. The summed E-state index contributed by atoms with van der Waals surface area (Å²) in [6, 6.07) is 8.27. The number of pyridine rings is 1. The van der Waals surface area contributed by atoms with E-state index in [0.29, 0.717) is 18.8 Å². The van der Waals surface area contributed by atoms with Gasteiger partial charge in [-0.25, -0.2) is 9.37 Å². The summed E-state index contributed by atoms with van der Waals surface area (Å²) in [6.45, 7) is 4.74. The molecule has 0 aliphatic carbocycles. The van der Waals surface area contributed by atoms with Gasteiger partial charge in [-0.15, -0.1) is 0 Å². The lowest BCUT2D eigenvalue weighted by Crippen LogP contribution is -2.51. The van der Waals surface area contributed by atoms with Crippen LogP contribution in [0.1, 0.15) is 49.2 Å². The SMILES string of the molecule is CC(C)O.O=C(c1ccc(Br)cn1)N1CCC2(CCc3cc(F)ccc3O2)CC1. The maximum Gasteiger partial charge on any atom is 0.272 e. The van der Waals surface area contributed by atoms with E-state index in [1.165, 1.54) is 6.07 Å². The molecule has 4 rings (SSSR count). The van der Waals surface area contributed by atoms with E-state index in [2.05, 4.69) is 20.9 Å². The third-order valence-corrected chi connectivity index (χ3v) is 5.58. The number of amides is 1. The highest BCUT2D eigenvalue weighted by Gasteiger charge is 2.40. The molecular formula is C22H26BrFN2O3. The fourth-order valence-corrected chi connectivity index (χ4v) is 3.86. The van der Waals surface area contributed by atoms with Crippen LogP contribution in [-0.4, -0.2) is 45.7 Å². The van der Waals surface area contributed by atoms with Crippen molar-refractivity contribution in [2.45, 2.75) is 51.2 Å². The van der Waals surface area contributed by atoms with Crippen LogP contribution in [0.5, 0.6) is 5.75 Å². The topological polar surface area (TPSA) is 62.7 Å².